The van der Waals surface area contributed by atoms with E-state index in [-0.39, 0.29) is 17.3 Å². The molecule has 0 radical (unpaired) electrons. The van der Waals surface area contributed by atoms with Crippen LogP contribution in [-0.2, 0) is 9.84 Å². The predicted octanol–water partition coefficient (Wildman–Crippen LogP) is 1.99. The fourth-order valence-electron chi connectivity index (χ4n) is 1.97. The summed E-state index contributed by atoms with van der Waals surface area (Å²) in [6.07, 6.45) is 8.85. The van der Waals surface area contributed by atoms with Crippen molar-refractivity contribution in [3.8, 4) is 0 Å². The standard InChI is InChI=1S/C15H16ClN3O4S/c16-12-3-1-2-11(4-5-12)9-24(22,23)10-18-13-6-7-17-14(8-13)15(20)19-21/h2-8,21H,1,9-10H2,(H,17,18)(H,19,20). The van der Waals surface area contributed by atoms with Crippen LogP contribution in [0.4, 0.5) is 5.69 Å². The number of halogens is 1. The number of hydrogen-bond donors (Lipinski definition) is 3. The number of hydroxylamine groups is 1. The molecule has 0 saturated heterocycles. The zero-order valence-electron chi connectivity index (χ0n) is 12.6. The first-order chi connectivity index (χ1) is 11.4. The van der Waals surface area contributed by atoms with Gasteiger partial charge >= 0.3 is 0 Å². The van der Waals surface area contributed by atoms with E-state index in [2.05, 4.69) is 10.3 Å². The van der Waals surface area contributed by atoms with Gasteiger partial charge in [-0.3, -0.25) is 15.0 Å². The second-order valence-corrected chi connectivity index (χ2v) is 7.52. The van der Waals surface area contributed by atoms with Gasteiger partial charge in [0.1, 0.15) is 11.6 Å². The summed E-state index contributed by atoms with van der Waals surface area (Å²) < 4.78 is 24.4. The zero-order chi connectivity index (χ0) is 17.6. The van der Waals surface area contributed by atoms with Crippen LogP contribution in [0.1, 0.15) is 16.9 Å². The molecule has 7 nitrogen and oxygen atoms in total. The number of aromatic nitrogens is 1. The molecule has 1 amide bonds. The molecule has 0 atom stereocenters. The summed E-state index contributed by atoms with van der Waals surface area (Å²) >= 11 is 5.87. The van der Waals surface area contributed by atoms with Gasteiger partial charge < -0.3 is 5.32 Å². The minimum atomic E-state index is -3.42. The Morgan fingerprint density at radius 3 is 2.88 bits per heavy atom. The van der Waals surface area contributed by atoms with Crippen molar-refractivity contribution >= 4 is 33.0 Å². The minimum absolute atomic E-state index is 0.0324. The van der Waals surface area contributed by atoms with Crippen LogP contribution in [0.3, 0.4) is 0 Å². The molecule has 0 bridgehead atoms. The van der Waals surface area contributed by atoms with Crippen molar-refractivity contribution in [3.63, 3.8) is 0 Å². The van der Waals surface area contributed by atoms with Gasteiger partial charge in [-0.2, -0.15) is 0 Å². The third-order valence-corrected chi connectivity index (χ3v) is 4.76. The van der Waals surface area contributed by atoms with E-state index in [1.807, 2.05) is 0 Å². The highest BCUT2D eigenvalue weighted by Crippen LogP contribution is 2.15. The number of hydrogen-bond acceptors (Lipinski definition) is 6. The van der Waals surface area contributed by atoms with Gasteiger partial charge in [-0.1, -0.05) is 29.8 Å². The van der Waals surface area contributed by atoms with Crippen LogP contribution in [0.5, 0.6) is 0 Å². The SMILES string of the molecule is O=C(NO)c1cc(NCS(=O)(=O)CC2=CCC=C(Cl)C=C2)ccn1. The molecule has 24 heavy (non-hydrogen) atoms. The van der Waals surface area contributed by atoms with Crippen LogP contribution in [0.15, 0.2) is 53.2 Å². The van der Waals surface area contributed by atoms with E-state index in [0.717, 1.165) is 0 Å². The average Bonchev–Trinajstić information content (AvgIpc) is 2.76. The van der Waals surface area contributed by atoms with Gasteiger partial charge in [-0.25, -0.2) is 13.9 Å². The minimum Gasteiger partial charge on any atom is -0.371 e. The van der Waals surface area contributed by atoms with Gasteiger partial charge in [0.15, 0.2) is 9.84 Å². The summed E-state index contributed by atoms with van der Waals surface area (Å²) in [5.74, 6) is -1.20. The van der Waals surface area contributed by atoms with Crippen LogP contribution < -0.4 is 10.8 Å². The molecule has 9 heteroatoms. The molecule has 0 saturated carbocycles. The Morgan fingerprint density at radius 1 is 1.33 bits per heavy atom. The fourth-order valence-corrected chi connectivity index (χ4v) is 3.34. The summed E-state index contributed by atoms with van der Waals surface area (Å²) in [5, 5.41) is 11.9. The van der Waals surface area contributed by atoms with Gasteiger partial charge in [0.25, 0.3) is 5.91 Å². The van der Waals surface area contributed by atoms with Crippen molar-refractivity contribution in [2.45, 2.75) is 6.42 Å². The molecule has 2 rings (SSSR count). The average molecular weight is 370 g/mol. The van der Waals surface area contributed by atoms with Gasteiger partial charge in [0.2, 0.25) is 0 Å². The second-order valence-electron chi connectivity index (χ2n) is 5.02. The van der Waals surface area contributed by atoms with E-state index < -0.39 is 15.7 Å². The maximum atomic E-state index is 12.2. The van der Waals surface area contributed by atoms with E-state index in [9.17, 15) is 13.2 Å². The van der Waals surface area contributed by atoms with Gasteiger partial charge in [-0.15, -0.1) is 0 Å². The molecule has 1 aromatic rings. The summed E-state index contributed by atoms with van der Waals surface area (Å²) in [6, 6.07) is 2.87. The summed E-state index contributed by atoms with van der Waals surface area (Å²) in [4.78, 5) is 15.1. The molecule has 1 heterocycles. The quantitative estimate of drug-likeness (QED) is 0.522. The van der Waals surface area contributed by atoms with Crippen LogP contribution in [0, 0.1) is 0 Å². The second kappa shape index (κ2) is 8.09. The molecule has 0 fully saturated rings. The fraction of sp³-hybridized carbons (Fsp3) is 0.200. The third kappa shape index (κ3) is 5.48. The zero-order valence-corrected chi connectivity index (χ0v) is 14.1. The summed E-state index contributed by atoms with van der Waals surface area (Å²) in [6.45, 7) is 0. The van der Waals surface area contributed by atoms with Gasteiger partial charge in [0.05, 0.1) is 5.75 Å². The Bertz CT molecular complexity index is 816. The van der Waals surface area contributed by atoms with E-state index in [0.29, 0.717) is 22.7 Å². The Morgan fingerprint density at radius 2 is 2.12 bits per heavy atom. The first kappa shape index (κ1) is 18.2. The topological polar surface area (TPSA) is 108 Å². The number of nitrogens with one attached hydrogen (secondary N) is 2. The van der Waals surface area contributed by atoms with E-state index in [1.54, 1.807) is 24.3 Å². The van der Waals surface area contributed by atoms with Crippen molar-refractivity contribution in [2.75, 3.05) is 16.9 Å². The number of pyridine rings is 1. The number of nitrogens with zero attached hydrogens (tertiary/aromatic N) is 1. The monoisotopic (exact) mass is 369 g/mol. The molecule has 1 aliphatic carbocycles. The lowest BCUT2D eigenvalue weighted by Gasteiger charge is -2.09. The number of sulfone groups is 1. The van der Waals surface area contributed by atoms with Crippen LogP contribution in [-0.4, -0.2) is 36.1 Å². The molecule has 3 N–H and O–H groups in total. The maximum Gasteiger partial charge on any atom is 0.293 e. The number of anilines is 1. The molecule has 0 aromatic carbocycles. The highest BCUT2D eigenvalue weighted by molar-refractivity contribution is 7.91. The van der Waals surface area contributed by atoms with E-state index in [1.165, 1.54) is 23.8 Å². The maximum absolute atomic E-state index is 12.2. The number of rotatable bonds is 6. The first-order valence-corrected chi connectivity index (χ1v) is 9.17. The molecule has 0 spiro atoms. The summed E-state index contributed by atoms with van der Waals surface area (Å²) in [7, 11) is -3.42. The molecule has 0 aliphatic heterocycles. The molecular formula is C15H16ClN3O4S. The van der Waals surface area contributed by atoms with Crippen LogP contribution >= 0.6 is 11.6 Å². The van der Waals surface area contributed by atoms with Crippen LogP contribution in [0.2, 0.25) is 0 Å². The number of carbonyl (C=O) groups excluding carboxylic acids is 1. The Kier molecular flexibility index (Phi) is 6.13. The smallest absolute Gasteiger partial charge is 0.293 e. The van der Waals surface area contributed by atoms with E-state index >= 15 is 0 Å². The van der Waals surface area contributed by atoms with Crippen molar-refractivity contribution < 1.29 is 18.4 Å². The first-order valence-electron chi connectivity index (χ1n) is 6.97. The Balaban J connectivity index is 1.99. The Hall–Kier alpha value is -2.16. The highest BCUT2D eigenvalue weighted by atomic mass is 35.5. The lowest BCUT2D eigenvalue weighted by molar-refractivity contribution is 0.0701. The summed E-state index contributed by atoms with van der Waals surface area (Å²) in [5.41, 5.74) is 2.50. The molecular weight excluding hydrogens is 354 g/mol. The highest BCUT2D eigenvalue weighted by Gasteiger charge is 2.14. The molecule has 1 aromatic heterocycles. The van der Waals surface area contributed by atoms with Crippen molar-refractivity contribution in [1.29, 1.82) is 0 Å². The molecule has 1 aliphatic rings. The predicted molar refractivity (Wildman–Crippen MR) is 91.5 cm³/mol. The Labute approximate surface area is 144 Å². The van der Waals surface area contributed by atoms with Crippen molar-refractivity contribution in [1.82, 2.24) is 10.5 Å². The van der Waals surface area contributed by atoms with E-state index in [4.69, 9.17) is 16.8 Å². The molecule has 128 valence electrons. The lowest BCUT2D eigenvalue weighted by atomic mass is 10.2. The lowest BCUT2D eigenvalue weighted by Crippen LogP contribution is -2.21. The van der Waals surface area contributed by atoms with Crippen LogP contribution in [0.25, 0.3) is 0 Å². The number of amides is 1. The van der Waals surface area contributed by atoms with Crippen molar-refractivity contribution in [3.05, 3.63) is 58.9 Å². The normalized spacial score (nSPS) is 14.4. The number of allylic oxidation sites excluding steroid dienone is 5. The third-order valence-electron chi connectivity index (χ3n) is 3.13. The van der Waals surface area contributed by atoms with Gasteiger partial charge in [-0.05, 0) is 30.2 Å². The number of carbonyl (C=O) groups is 1. The molecule has 0 unspecified atom stereocenters. The van der Waals surface area contributed by atoms with Crippen molar-refractivity contribution in [2.24, 2.45) is 0 Å². The largest absolute Gasteiger partial charge is 0.371 e. The van der Waals surface area contributed by atoms with Gasteiger partial charge in [0, 0.05) is 16.9 Å².